The summed E-state index contributed by atoms with van der Waals surface area (Å²) in [6.07, 6.45) is 2.38. The number of nitrogens with zero attached hydrogens (tertiary/aromatic N) is 2. The lowest BCUT2D eigenvalue weighted by Crippen LogP contribution is -2.63. The van der Waals surface area contributed by atoms with Crippen LogP contribution in [0.15, 0.2) is 42.5 Å². The molecule has 0 saturated carbocycles. The Morgan fingerprint density at radius 1 is 1.06 bits per heavy atom. The summed E-state index contributed by atoms with van der Waals surface area (Å²) in [6, 6.07) is 12.9. The molecule has 0 spiro atoms. The van der Waals surface area contributed by atoms with E-state index in [9.17, 15) is 9.59 Å². The molecule has 1 aromatic heterocycles. The predicted molar refractivity (Wildman–Crippen MR) is 126 cm³/mol. The summed E-state index contributed by atoms with van der Waals surface area (Å²) in [6.45, 7) is 2.83. The smallest absolute Gasteiger partial charge is 0.246 e. The maximum Gasteiger partial charge on any atom is 0.246 e. The number of nitrogens with one attached hydrogen (secondary N) is 1. The lowest BCUT2D eigenvalue weighted by molar-refractivity contribution is -0.158. The molecular weight excluding hydrogens is 418 g/mol. The summed E-state index contributed by atoms with van der Waals surface area (Å²) >= 11 is 0. The van der Waals surface area contributed by atoms with Crippen molar-refractivity contribution >= 4 is 22.7 Å². The molecule has 1 fully saturated rings. The number of hydrogen-bond acceptors (Lipinski definition) is 4. The summed E-state index contributed by atoms with van der Waals surface area (Å²) < 4.78 is 11.0. The molecule has 2 aliphatic rings. The van der Waals surface area contributed by atoms with Gasteiger partial charge in [0, 0.05) is 29.6 Å². The highest BCUT2D eigenvalue weighted by molar-refractivity contribution is 5.97. The van der Waals surface area contributed by atoms with Crippen LogP contribution in [0.5, 0.6) is 11.5 Å². The predicted octanol–water partition coefficient (Wildman–Crippen LogP) is 3.67. The third-order valence-electron chi connectivity index (χ3n) is 6.85. The average molecular weight is 448 g/mol. The number of piperazine rings is 1. The minimum Gasteiger partial charge on any atom is -0.493 e. The fraction of sp³-hybridized carbons (Fsp3) is 0.385. The molecule has 5 rings (SSSR count). The van der Waals surface area contributed by atoms with Gasteiger partial charge in [0.1, 0.15) is 6.04 Å². The summed E-state index contributed by atoms with van der Waals surface area (Å²) in [7, 11) is 3.20. The topological polar surface area (TPSA) is 74.9 Å². The fourth-order valence-electron chi connectivity index (χ4n) is 5.23. The number of fused-ring (bicyclic) bond motifs is 4. The second kappa shape index (κ2) is 8.46. The number of H-pyrrole nitrogens is 1. The Labute approximate surface area is 193 Å². The van der Waals surface area contributed by atoms with Crippen molar-refractivity contribution in [3.05, 3.63) is 59.3 Å². The van der Waals surface area contributed by atoms with Gasteiger partial charge in [-0.25, -0.2) is 0 Å². The van der Waals surface area contributed by atoms with Crippen LogP contribution in [0.3, 0.4) is 0 Å². The summed E-state index contributed by atoms with van der Waals surface area (Å²) in [5.41, 5.74) is 3.96. The fourth-order valence-corrected chi connectivity index (χ4v) is 5.23. The molecule has 3 heterocycles. The number of methoxy groups -OCH3 is 2. The maximum atomic E-state index is 13.6. The molecule has 3 aromatic rings. The number of ether oxygens (including phenoxy) is 2. The van der Waals surface area contributed by atoms with Gasteiger partial charge >= 0.3 is 0 Å². The molecule has 2 aromatic carbocycles. The molecule has 2 amide bonds. The number of para-hydroxylation sites is 1. The first-order valence-electron chi connectivity index (χ1n) is 11.5. The van der Waals surface area contributed by atoms with Crippen LogP contribution in [-0.2, 0) is 16.0 Å². The van der Waals surface area contributed by atoms with E-state index in [1.54, 1.807) is 24.0 Å². The van der Waals surface area contributed by atoms with Gasteiger partial charge in [-0.15, -0.1) is 0 Å². The molecule has 0 aliphatic carbocycles. The van der Waals surface area contributed by atoms with E-state index in [1.165, 1.54) is 0 Å². The van der Waals surface area contributed by atoms with Crippen molar-refractivity contribution in [2.24, 2.45) is 0 Å². The van der Waals surface area contributed by atoms with Crippen LogP contribution in [0.4, 0.5) is 0 Å². The number of carbonyl (C=O) groups is 2. The zero-order valence-electron chi connectivity index (χ0n) is 19.3. The average Bonchev–Trinajstić information content (AvgIpc) is 3.22. The Bertz CT molecular complexity index is 1220. The monoisotopic (exact) mass is 447 g/mol. The lowest BCUT2D eigenvalue weighted by Gasteiger charge is -2.47. The molecule has 2 aliphatic heterocycles. The molecule has 0 bridgehead atoms. The van der Waals surface area contributed by atoms with Crippen LogP contribution in [0, 0.1) is 0 Å². The number of rotatable bonds is 6. The third-order valence-corrected chi connectivity index (χ3v) is 6.85. The maximum absolute atomic E-state index is 13.6. The molecule has 1 saturated heterocycles. The molecular formula is C26H29N3O4. The standard InChI is InChI=1S/C26H29N3O4/c1-4-5-12-28-15-23(30)29-20(26(28)31)14-18-17-8-6-7-9-19(17)27-24(18)25(29)16-10-11-21(32-2)22(13-16)33-3/h6-11,13,20,25,27H,4-5,12,14-15H2,1-3H3/t20-,25?/m1/s1. The highest BCUT2D eigenvalue weighted by atomic mass is 16.5. The van der Waals surface area contributed by atoms with Crippen molar-refractivity contribution in [3.63, 3.8) is 0 Å². The highest BCUT2D eigenvalue weighted by Crippen LogP contribution is 2.44. The molecule has 1 N–H and O–H groups in total. The Balaban J connectivity index is 1.67. The van der Waals surface area contributed by atoms with Gasteiger partial charge in [-0.3, -0.25) is 9.59 Å². The van der Waals surface area contributed by atoms with E-state index in [2.05, 4.69) is 18.0 Å². The van der Waals surface area contributed by atoms with Gasteiger partial charge in [0.2, 0.25) is 11.8 Å². The van der Waals surface area contributed by atoms with Crippen LogP contribution in [-0.4, -0.2) is 59.9 Å². The summed E-state index contributed by atoms with van der Waals surface area (Å²) in [5, 5.41) is 1.10. The minimum atomic E-state index is -0.520. The van der Waals surface area contributed by atoms with Gasteiger partial charge in [-0.2, -0.15) is 0 Å². The van der Waals surface area contributed by atoms with Crippen LogP contribution < -0.4 is 9.47 Å². The third kappa shape index (κ3) is 3.43. The van der Waals surface area contributed by atoms with Gasteiger partial charge < -0.3 is 24.3 Å². The quantitative estimate of drug-likeness (QED) is 0.626. The first-order valence-corrected chi connectivity index (χ1v) is 11.5. The van der Waals surface area contributed by atoms with Gasteiger partial charge in [0.25, 0.3) is 0 Å². The molecule has 33 heavy (non-hydrogen) atoms. The minimum absolute atomic E-state index is 0.0280. The van der Waals surface area contributed by atoms with Gasteiger partial charge in [-0.05, 0) is 35.7 Å². The van der Waals surface area contributed by atoms with Gasteiger partial charge in [0.15, 0.2) is 11.5 Å². The van der Waals surface area contributed by atoms with Crippen molar-refractivity contribution in [1.82, 2.24) is 14.8 Å². The van der Waals surface area contributed by atoms with Gasteiger partial charge in [0.05, 0.1) is 26.8 Å². The number of benzene rings is 2. The molecule has 2 atom stereocenters. The normalized spacial score (nSPS) is 20.1. The highest BCUT2D eigenvalue weighted by Gasteiger charge is 2.48. The van der Waals surface area contributed by atoms with Gasteiger partial charge in [-0.1, -0.05) is 37.6 Å². The number of amides is 2. The number of hydrogen-bond donors (Lipinski definition) is 1. The molecule has 0 radical (unpaired) electrons. The van der Waals surface area contributed by atoms with Crippen LogP contribution >= 0.6 is 0 Å². The number of unbranched alkanes of at least 4 members (excludes halogenated alkanes) is 1. The lowest BCUT2D eigenvalue weighted by atomic mass is 9.86. The Kier molecular flexibility index (Phi) is 5.48. The van der Waals surface area contributed by atoms with Crippen molar-refractivity contribution in [2.45, 2.75) is 38.3 Å². The molecule has 1 unspecified atom stereocenters. The summed E-state index contributed by atoms with van der Waals surface area (Å²) in [4.78, 5) is 34.1. The second-order valence-corrected chi connectivity index (χ2v) is 8.71. The first kappa shape index (κ1) is 21.4. The molecule has 172 valence electrons. The Morgan fingerprint density at radius 2 is 1.85 bits per heavy atom. The van der Waals surface area contributed by atoms with E-state index in [4.69, 9.17) is 9.47 Å². The van der Waals surface area contributed by atoms with E-state index in [1.807, 2.05) is 36.4 Å². The van der Waals surface area contributed by atoms with Crippen molar-refractivity contribution in [3.8, 4) is 11.5 Å². The van der Waals surface area contributed by atoms with Crippen LogP contribution in [0.2, 0.25) is 0 Å². The number of aromatic nitrogens is 1. The van der Waals surface area contributed by atoms with E-state index in [0.29, 0.717) is 24.5 Å². The molecule has 7 heteroatoms. The zero-order chi connectivity index (χ0) is 23.1. The summed E-state index contributed by atoms with van der Waals surface area (Å²) in [5.74, 6) is 1.22. The largest absolute Gasteiger partial charge is 0.493 e. The number of carbonyl (C=O) groups excluding carboxylic acids is 2. The van der Waals surface area contributed by atoms with Crippen LogP contribution in [0.25, 0.3) is 10.9 Å². The van der Waals surface area contributed by atoms with Crippen molar-refractivity contribution in [2.75, 3.05) is 27.3 Å². The van der Waals surface area contributed by atoms with Crippen molar-refractivity contribution in [1.29, 1.82) is 0 Å². The van der Waals surface area contributed by atoms with E-state index < -0.39 is 12.1 Å². The van der Waals surface area contributed by atoms with E-state index >= 15 is 0 Å². The Morgan fingerprint density at radius 3 is 2.61 bits per heavy atom. The van der Waals surface area contributed by atoms with E-state index in [0.717, 1.165) is 40.6 Å². The Hall–Kier alpha value is -3.48. The second-order valence-electron chi connectivity index (χ2n) is 8.71. The first-order chi connectivity index (χ1) is 16.1. The van der Waals surface area contributed by atoms with Crippen molar-refractivity contribution < 1.29 is 19.1 Å². The van der Waals surface area contributed by atoms with Crippen LogP contribution in [0.1, 0.15) is 42.6 Å². The number of aromatic amines is 1. The van der Waals surface area contributed by atoms with E-state index in [-0.39, 0.29) is 18.4 Å². The SMILES string of the molecule is CCCCN1CC(=O)N2C(c3ccc(OC)c(OC)c3)c3[nH]c4ccccc4c3C[C@@H]2C1=O. The zero-order valence-corrected chi connectivity index (χ0v) is 19.3. The molecule has 7 nitrogen and oxygen atoms in total.